The standard InChI is InChI=1S/C16H18N2O4/c1-10(19)17-8-6-11-9-12(4-5-13(11)17)15(20)18-7-2-3-14(18)16(21)22/h4-5,9,14H,2-3,6-8H2,1H3,(H,21,22)/t14-/m0/s1. The van der Waals surface area contributed by atoms with E-state index in [4.69, 9.17) is 0 Å². The van der Waals surface area contributed by atoms with E-state index in [0.717, 1.165) is 17.7 Å². The first-order valence-electron chi connectivity index (χ1n) is 7.44. The number of anilines is 1. The molecule has 1 aromatic carbocycles. The van der Waals surface area contributed by atoms with E-state index in [1.807, 2.05) is 0 Å². The molecule has 1 aromatic rings. The fraction of sp³-hybridized carbons (Fsp3) is 0.438. The van der Waals surface area contributed by atoms with Crippen molar-refractivity contribution in [3.63, 3.8) is 0 Å². The van der Waals surface area contributed by atoms with Crippen LogP contribution in [0.4, 0.5) is 5.69 Å². The van der Waals surface area contributed by atoms with Gasteiger partial charge in [0.05, 0.1) is 0 Å². The van der Waals surface area contributed by atoms with E-state index >= 15 is 0 Å². The number of carbonyl (C=O) groups excluding carboxylic acids is 2. The molecule has 0 unspecified atom stereocenters. The number of rotatable bonds is 2. The molecule has 0 bridgehead atoms. The van der Waals surface area contributed by atoms with Gasteiger partial charge in [0.2, 0.25) is 5.91 Å². The number of fused-ring (bicyclic) bond motifs is 1. The van der Waals surface area contributed by atoms with Crippen molar-refractivity contribution in [2.75, 3.05) is 18.0 Å². The van der Waals surface area contributed by atoms with Crippen LogP contribution in [0.3, 0.4) is 0 Å². The smallest absolute Gasteiger partial charge is 0.326 e. The second-order valence-corrected chi connectivity index (χ2v) is 5.76. The van der Waals surface area contributed by atoms with Crippen LogP contribution >= 0.6 is 0 Å². The van der Waals surface area contributed by atoms with Crippen molar-refractivity contribution in [3.8, 4) is 0 Å². The van der Waals surface area contributed by atoms with E-state index < -0.39 is 12.0 Å². The molecule has 1 saturated heterocycles. The average molecular weight is 302 g/mol. The van der Waals surface area contributed by atoms with Crippen molar-refractivity contribution in [1.29, 1.82) is 0 Å². The topological polar surface area (TPSA) is 77.9 Å². The Hall–Kier alpha value is -2.37. The third-order valence-corrected chi connectivity index (χ3v) is 4.40. The van der Waals surface area contributed by atoms with Crippen LogP contribution in [0.2, 0.25) is 0 Å². The molecule has 0 spiro atoms. The summed E-state index contributed by atoms with van der Waals surface area (Å²) >= 11 is 0. The van der Waals surface area contributed by atoms with Crippen LogP contribution in [0.25, 0.3) is 0 Å². The zero-order valence-electron chi connectivity index (χ0n) is 12.4. The number of carbonyl (C=O) groups is 3. The van der Waals surface area contributed by atoms with E-state index in [2.05, 4.69) is 0 Å². The molecule has 2 amide bonds. The molecule has 6 nitrogen and oxygen atoms in total. The summed E-state index contributed by atoms with van der Waals surface area (Å²) in [5.41, 5.74) is 2.31. The lowest BCUT2D eigenvalue weighted by Crippen LogP contribution is -2.40. The molecule has 6 heteroatoms. The lowest BCUT2D eigenvalue weighted by molar-refractivity contribution is -0.141. The van der Waals surface area contributed by atoms with Crippen molar-refractivity contribution in [3.05, 3.63) is 29.3 Å². The lowest BCUT2D eigenvalue weighted by atomic mass is 10.1. The fourth-order valence-electron chi connectivity index (χ4n) is 3.29. The molecule has 116 valence electrons. The molecule has 1 atom stereocenters. The Labute approximate surface area is 128 Å². The summed E-state index contributed by atoms with van der Waals surface area (Å²) in [4.78, 5) is 38.4. The maximum Gasteiger partial charge on any atom is 0.326 e. The summed E-state index contributed by atoms with van der Waals surface area (Å²) in [7, 11) is 0. The van der Waals surface area contributed by atoms with Crippen LogP contribution in [0, 0.1) is 0 Å². The summed E-state index contributed by atoms with van der Waals surface area (Å²) in [5, 5.41) is 9.19. The van der Waals surface area contributed by atoms with E-state index in [9.17, 15) is 19.5 Å². The van der Waals surface area contributed by atoms with E-state index in [-0.39, 0.29) is 11.8 Å². The summed E-state index contributed by atoms with van der Waals surface area (Å²) in [6.07, 6.45) is 1.94. The number of carboxylic acid groups (broad SMARTS) is 1. The molecule has 2 aliphatic rings. The van der Waals surface area contributed by atoms with E-state index in [1.54, 1.807) is 23.1 Å². The molecule has 2 aliphatic heterocycles. The number of aliphatic carboxylic acids is 1. The monoisotopic (exact) mass is 302 g/mol. The highest BCUT2D eigenvalue weighted by Crippen LogP contribution is 2.30. The minimum absolute atomic E-state index is 0.0108. The van der Waals surface area contributed by atoms with Gasteiger partial charge in [-0.25, -0.2) is 4.79 Å². The number of benzene rings is 1. The van der Waals surface area contributed by atoms with E-state index in [0.29, 0.717) is 31.5 Å². The molecule has 0 radical (unpaired) electrons. The molecule has 1 fully saturated rings. The first kappa shape index (κ1) is 14.6. The van der Waals surface area contributed by atoms with Gasteiger partial charge in [0.25, 0.3) is 5.91 Å². The quantitative estimate of drug-likeness (QED) is 0.893. The number of amides is 2. The largest absolute Gasteiger partial charge is 0.480 e. The molecule has 1 N–H and O–H groups in total. The Balaban J connectivity index is 1.86. The van der Waals surface area contributed by atoms with Crippen LogP contribution in [-0.2, 0) is 16.0 Å². The second-order valence-electron chi connectivity index (χ2n) is 5.76. The van der Waals surface area contributed by atoms with Gasteiger partial charge in [-0.2, -0.15) is 0 Å². The van der Waals surface area contributed by atoms with Crippen LogP contribution < -0.4 is 4.90 Å². The van der Waals surface area contributed by atoms with Crippen LogP contribution in [0.1, 0.15) is 35.7 Å². The lowest BCUT2D eigenvalue weighted by Gasteiger charge is -2.22. The van der Waals surface area contributed by atoms with Crippen molar-refractivity contribution >= 4 is 23.5 Å². The molecule has 0 aliphatic carbocycles. The molecular formula is C16H18N2O4. The van der Waals surface area contributed by atoms with Gasteiger partial charge in [0.15, 0.2) is 0 Å². The van der Waals surface area contributed by atoms with Crippen LogP contribution in [0.5, 0.6) is 0 Å². The minimum atomic E-state index is -0.949. The average Bonchev–Trinajstić information content (AvgIpc) is 3.12. The van der Waals surface area contributed by atoms with Crippen molar-refractivity contribution < 1.29 is 19.5 Å². The van der Waals surface area contributed by atoms with Gasteiger partial charge in [-0.3, -0.25) is 9.59 Å². The maximum absolute atomic E-state index is 12.6. The highest BCUT2D eigenvalue weighted by atomic mass is 16.4. The molecule has 3 rings (SSSR count). The van der Waals surface area contributed by atoms with Gasteiger partial charge >= 0.3 is 5.97 Å². The highest BCUT2D eigenvalue weighted by molar-refractivity contribution is 5.99. The first-order valence-corrected chi connectivity index (χ1v) is 7.44. The third kappa shape index (κ3) is 2.34. The number of likely N-dealkylation sites (tertiary alicyclic amines) is 1. The number of hydrogen-bond donors (Lipinski definition) is 1. The fourth-order valence-corrected chi connectivity index (χ4v) is 3.29. The normalized spacial score (nSPS) is 20.1. The Bertz CT molecular complexity index is 656. The van der Waals surface area contributed by atoms with Gasteiger partial charge in [-0.1, -0.05) is 0 Å². The van der Waals surface area contributed by atoms with Gasteiger partial charge < -0.3 is 14.9 Å². The zero-order valence-corrected chi connectivity index (χ0v) is 12.4. The summed E-state index contributed by atoms with van der Waals surface area (Å²) in [6, 6.07) is 4.52. The predicted molar refractivity (Wildman–Crippen MR) is 79.9 cm³/mol. The summed E-state index contributed by atoms with van der Waals surface area (Å²) < 4.78 is 0. The number of nitrogens with zero attached hydrogens (tertiary/aromatic N) is 2. The maximum atomic E-state index is 12.6. The predicted octanol–water partition coefficient (Wildman–Crippen LogP) is 1.28. The van der Waals surface area contributed by atoms with Crippen molar-refractivity contribution in [1.82, 2.24) is 4.90 Å². The molecular weight excluding hydrogens is 284 g/mol. The number of hydrogen-bond acceptors (Lipinski definition) is 3. The Morgan fingerprint density at radius 2 is 2.00 bits per heavy atom. The van der Waals surface area contributed by atoms with Gasteiger partial charge in [-0.05, 0) is 43.0 Å². The molecule has 22 heavy (non-hydrogen) atoms. The Morgan fingerprint density at radius 3 is 2.68 bits per heavy atom. The van der Waals surface area contributed by atoms with Crippen molar-refractivity contribution in [2.24, 2.45) is 0 Å². The zero-order chi connectivity index (χ0) is 15.9. The third-order valence-electron chi connectivity index (χ3n) is 4.40. The van der Waals surface area contributed by atoms with Gasteiger partial charge in [-0.15, -0.1) is 0 Å². The molecule has 2 heterocycles. The van der Waals surface area contributed by atoms with Crippen LogP contribution in [-0.4, -0.2) is 46.9 Å². The molecule has 0 saturated carbocycles. The van der Waals surface area contributed by atoms with Crippen LogP contribution in [0.15, 0.2) is 18.2 Å². The van der Waals surface area contributed by atoms with E-state index in [1.165, 1.54) is 11.8 Å². The summed E-state index contributed by atoms with van der Waals surface area (Å²) in [5.74, 6) is -1.20. The highest BCUT2D eigenvalue weighted by Gasteiger charge is 2.35. The molecule has 0 aromatic heterocycles. The Kier molecular flexibility index (Phi) is 3.60. The van der Waals surface area contributed by atoms with Crippen molar-refractivity contribution in [2.45, 2.75) is 32.2 Å². The first-order chi connectivity index (χ1) is 10.5. The number of carboxylic acids is 1. The summed E-state index contributed by atoms with van der Waals surface area (Å²) in [6.45, 7) is 2.63. The SMILES string of the molecule is CC(=O)N1CCc2cc(C(=O)N3CCC[C@H]3C(=O)O)ccc21. The second kappa shape index (κ2) is 5.44. The minimum Gasteiger partial charge on any atom is -0.480 e. The van der Waals surface area contributed by atoms with Gasteiger partial charge in [0.1, 0.15) is 6.04 Å². The Morgan fingerprint density at radius 1 is 1.23 bits per heavy atom. The van der Waals surface area contributed by atoms with Gasteiger partial charge in [0, 0.05) is 31.3 Å².